The van der Waals surface area contributed by atoms with E-state index >= 15 is 0 Å². The fourth-order valence-corrected chi connectivity index (χ4v) is 6.45. The van der Waals surface area contributed by atoms with E-state index in [4.69, 9.17) is 14.2 Å². The number of nitrogens with zero attached hydrogens (tertiary/aromatic N) is 2. The topological polar surface area (TPSA) is 115 Å². The van der Waals surface area contributed by atoms with Gasteiger partial charge in [0.2, 0.25) is 0 Å². The summed E-state index contributed by atoms with van der Waals surface area (Å²) in [7, 11) is 0. The first-order valence-electron chi connectivity index (χ1n) is 14.4. The van der Waals surface area contributed by atoms with E-state index in [9.17, 15) is 19.5 Å². The molecule has 9 nitrogen and oxygen atoms in total. The molecule has 1 fully saturated rings. The lowest BCUT2D eigenvalue weighted by Gasteiger charge is -2.23. The number of aliphatic hydroxyl groups is 1. The molecule has 228 valence electrons. The van der Waals surface area contributed by atoms with Crippen molar-refractivity contribution in [3.63, 3.8) is 0 Å². The van der Waals surface area contributed by atoms with E-state index in [1.165, 1.54) is 11.0 Å². The zero-order valence-electron chi connectivity index (χ0n) is 24.7. The number of carbonyl (C=O) groups is 3. The molecule has 2 aliphatic heterocycles. The van der Waals surface area contributed by atoms with Crippen LogP contribution in [0.25, 0.3) is 5.76 Å². The summed E-state index contributed by atoms with van der Waals surface area (Å²) in [6.07, 6.45) is 2.09. The summed E-state index contributed by atoms with van der Waals surface area (Å²) in [6, 6.07) is 20.8. The van der Waals surface area contributed by atoms with Crippen molar-refractivity contribution in [2.24, 2.45) is 0 Å². The number of ketones is 1. The largest absolute Gasteiger partial charge is 0.507 e. The van der Waals surface area contributed by atoms with Crippen molar-refractivity contribution in [3.05, 3.63) is 124 Å². The zero-order valence-corrected chi connectivity index (χ0v) is 25.5. The number of benzene rings is 3. The summed E-state index contributed by atoms with van der Waals surface area (Å²) in [6.45, 7) is 7.46. The third kappa shape index (κ3) is 5.84. The van der Waals surface area contributed by atoms with Gasteiger partial charge in [-0.1, -0.05) is 66.5 Å². The number of fused-ring (bicyclic) bond motifs is 1. The van der Waals surface area contributed by atoms with Gasteiger partial charge in [0, 0.05) is 12.0 Å². The van der Waals surface area contributed by atoms with Crippen molar-refractivity contribution >= 4 is 39.9 Å². The lowest BCUT2D eigenvalue weighted by Crippen LogP contribution is -2.29. The van der Waals surface area contributed by atoms with Crippen molar-refractivity contribution in [1.29, 1.82) is 0 Å². The lowest BCUT2D eigenvalue weighted by molar-refractivity contribution is -0.132. The fraction of sp³-hybridized carbons (Fsp3) is 0.200. The van der Waals surface area contributed by atoms with Crippen molar-refractivity contribution in [3.8, 4) is 11.5 Å². The Bertz CT molecular complexity index is 1850. The molecule has 1 saturated heterocycles. The molecule has 0 aliphatic carbocycles. The molecular formula is C35H30N2O7S. The molecular weight excluding hydrogens is 592 g/mol. The first kappa shape index (κ1) is 29.8. The van der Waals surface area contributed by atoms with E-state index in [2.05, 4.69) is 11.6 Å². The molecule has 1 N–H and O–H groups in total. The Balaban J connectivity index is 1.44. The molecule has 0 unspecified atom stereocenters. The van der Waals surface area contributed by atoms with Crippen LogP contribution in [0.5, 0.6) is 11.5 Å². The highest BCUT2D eigenvalue weighted by Gasteiger charge is 2.48. The van der Waals surface area contributed by atoms with E-state index in [1.54, 1.807) is 49.4 Å². The van der Waals surface area contributed by atoms with Crippen molar-refractivity contribution in [1.82, 2.24) is 4.98 Å². The summed E-state index contributed by atoms with van der Waals surface area (Å²) in [5.74, 6) is -1.46. The number of aliphatic hydroxyl groups excluding tert-OH is 1. The SMILES string of the molecule is C=CCOC(=O)c1sc(N2C(=O)C(=O)/C(=C(/O)c3ccc4c(c3)C[C@@H](C)O4)[C@H]2c2cccc(OCc3ccccc3)c2)nc1C. The first-order valence-corrected chi connectivity index (χ1v) is 15.2. The van der Waals surface area contributed by atoms with Crippen LogP contribution >= 0.6 is 11.3 Å². The van der Waals surface area contributed by atoms with Crippen LogP contribution in [-0.4, -0.2) is 40.5 Å². The van der Waals surface area contributed by atoms with Gasteiger partial charge in [0.25, 0.3) is 5.78 Å². The standard InChI is InChI=1S/C35H30N2O7S/c1-4-15-42-34(41)32-21(3)36-35(45-32)37-29(23-11-8-12-26(18-23)43-19-22-9-6-5-7-10-22)28(31(39)33(37)40)30(38)24-13-14-27-25(17-24)16-20(2)44-27/h4-14,17-18,20,29,38H,1,15-16,19H2,2-3H3/b30-28+/t20-,29-/m1/s1. The monoisotopic (exact) mass is 622 g/mol. The maximum atomic E-state index is 13.7. The number of amides is 1. The highest BCUT2D eigenvalue weighted by molar-refractivity contribution is 7.17. The van der Waals surface area contributed by atoms with Crippen LogP contribution < -0.4 is 14.4 Å². The van der Waals surface area contributed by atoms with Crippen LogP contribution in [0.4, 0.5) is 5.13 Å². The number of hydrogen-bond acceptors (Lipinski definition) is 9. The zero-order chi connectivity index (χ0) is 31.7. The third-order valence-corrected chi connectivity index (χ3v) is 8.68. The van der Waals surface area contributed by atoms with Crippen molar-refractivity contribution in [2.75, 3.05) is 11.5 Å². The maximum Gasteiger partial charge on any atom is 0.350 e. The number of hydrogen-bond donors (Lipinski definition) is 1. The Morgan fingerprint density at radius 2 is 1.93 bits per heavy atom. The van der Waals surface area contributed by atoms with Gasteiger partial charge in [0.1, 0.15) is 41.5 Å². The number of Topliss-reactive ketones (excluding diaryl/α,β-unsaturated/α-hetero) is 1. The predicted octanol–water partition coefficient (Wildman–Crippen LogP) is 6.32. The van der Waals surface area contributed by atoms with Crippen LogP contribution in [0, 0.1) is 6.92 Å². The molecule has 10 heteroatoms. The summed E-state index contributed by atoms with van der Waals surface area (Å²) >= 11 is 0.938. The predicted molar refractivity (Wildman–Crippen MR) is 170 cm³/mol. The van der Waals surface area contributed by atoms with Gasteiger partial charge in [-0.2, -0.15) is 0 Å². The second-order valence-electron chi connectivity index (χ2n) is 10.8. The molecule has 45 heavy (non-hydrogen) atoms. The van der Waals surface area contributed by atoms with E-state index < -0.39 is 23.7 Å². The average molecular weight is 623 g/mol. The molecule has 6 rings (SSSR count). The highest BCUT2D eigenvalue weighted by Crippen LogP contribution is 2.45. The smallest absolute Gasteiger partial charge is 0.350 e. The van der Waals surface area contributed by atoms with Gasteiger partial charge < -0.3 is 19.3 Å². The first-order chi connectivity index (χ1) is 21.7. The van der Waals surface area contributed by atoms with E-state index in [-0.39, 0.29) is 34.1 Å². The van der Waals surface area contributed by atoms with Crippen LogP contribution in [-0.2, 0) is 27.4 Å². The number of carbonyl (C=O) groups excluding carboxylic acids is 3. The number of rotatable bonds is 9. The number of anilines is 1. The molecule has 1 amide bonds. The molecule has 4 aromatic rings. The average Bonchev–Trinajstić information content (AvgIpc) is 3.70. The Morgan fingerprint density at radius 3 is 2.71 bits per heavy atom. The van der Waals surface area contributed by atoms with Crippen molar-refractivity contribution in [2.45, 2.75) is 39.0 Å². The van der Waals surface area contributed by atoms with Gasteiger partial charge in [-0.25, -0.2) is 9.78 Å². The Labute approximate surface area is 264 Å². The Morgan fingerprint density at radius 1 is 1.13 bits per heavy atom. The second kappa shape index (κ2) is 12.4. The van der Waals surface area contributed by atoms with Crippen LogP contribution in [0.1, 0.15) is 50.6 Å². The minimum atomic E-state index is -1.06. The highest BCUT2D eigenvalue weighted by atomic mass is 32.1. The Kier molecular flexibility index (Phi) is 8.23. The molecule has 3 heterocycles. The van der Waals surface area contributed by atoms with Gasteiger partial charge in [-0.05, 0) is 60.9 Å². The number of esters is 1. The van der Waals surface area contributed by atoms with Gasteiger partial charge in [0.15, 0.2) is 5.13 Å². The number of ether oxygens (including phenoxy) is 3. The van der Waals surface area contributed by atoms with Gasteiger partial charge in [-0.15, -0.1) is 0 Å². The van der Waals surface area contributed by atoms with E-state index in [0.717, 1.165) is 22.5 Å². The molecule has 2 atom stereocenters. The minimum Gasteiger partial charge on any atom is -0.507 e. The van der Waals surface area contributed by atoms with Crippen LogP contribution in [0.2, 0.25) is 0 Å². The van der Waals surface area contributed by atoms with Gasteiger partial charge >= 0.3 is 11.9 Å². The molecule has 0 spiro atoms. The summed E-state index contributed by atoms with van der Waals surface area (Å²) in [4.78, 5) is 46.1. The quantitative estimate of drug-likeness (QED) is 0.0758. The molecule has 3 aromatic carbocycles. The molecule has 0 bridgehead atoms. The van der Waals surface area contributed by atoms with Crippen LogP contribution in [0.15, 0.2) is 91.0 Å². The number of aromatic nitrogens is 1. The fourth-order valence-electron chi connectivity index (χ4n) is 5.46. The lowest BCUT2D eigenvalue weighted by atomic mass is 9.94. The van der Waals surface area contributed by atoms with E-state index in [0.29, 0.717) is 41.3 Å². The van der Waals surface area contributed by atoms with Gasteiger partial charge in [0.05, 0.1) is 17.3 Å². The van der Waals surface area contributed by atoms with E-state index in [1.807, 2.05) is 37.3 Å². The summed E-state index contributed by atoms with van der Waals surface area (Å²) in [5.41, 5.74) is 3.01. The van der Waals surface area contributed by atoms with Gasteiger partial charge in [-0.3, -0.25) is 14.5 Å². The van der Waals surface area contributed by atoms with Crippen molar-refractivity contribution < 1.29 is 33.7 Å². The second-order valence-corrected chi connectivity index (χ2v) is 11.7. The normalized spacial score (nSPS) is 18.4. The minimum absolute atomic E-state index is 0.0103. The molecule has 0 saturated carbocycles. The third-order valence-electron chi connectivity index (χ3n) is 7.55. The molecule has 2 aliphatic rings. The molecule has 0 radical (unpaired) electrons. The maximum absolute atomic E-state index is 13.7. The number of thiazole rings is 1. The molecule has 1 aromatic heterocycles. The summed E-state index contributed by atoms with van der Waals surface area (Å²) < 4.78 is 17.1. The Hall–Kier alpha value is -5.22. The van der Waals surface area contributed by atoms with Crippen LogP contribution in [0.3, 0.4) is 0 Å². The number of aryl methyl sites for hydroxylation is 1. The summed E-state index contributed by atoms with van der Waals surface area (Å²) in [5, 5.41) is 11.8.